The van der Waals surface area contributed by atoms with Gasteiger partial charge in [-0.15, -0.1) is 0 Å². The van der Waals surface area contributed by atoms with Crippen LogP contribution in [0.3, 0.4) is 0 Å². The molecule has 0 amide bonds. The maximum absolute atomic E-state index is 13.3. The van der Waals surface area contributed by atoms with Crippen LogP contribution in [-0.4, -0.2) is 23.1 Å². The Bertz CT molecular complexity index is 1130. The van der Waals surface area contributed by atoms with Crippen LogP contribution in [0, 0.1) is 0 Å². The zero-order chi connectivity index (χ0) is 23.8. The molecule has 0 fully saturated rings. The van der Waals surface area contributed by atoms with Crippen LogP contribution in [0.25, 0.3) is 10.8 Å². The average molecular weight is 447 g/mol. The highest BCUT2D eigenvalue weighted by Crippen LogP contribution is 2.32. The van der Waals surface area contributed by atoms with Crippen molar-refractivity contribution >= 4 is 16.6 Å². The Balaban J connectivity index is 1.95. The predicted molar refractivity (Wildman–Crippen MR) is 134 cm³/mol. The van der Waals surface area contributed by atoms with Gasteiger partial charge in [-0.2, -0.15) is 0 Å². The quantitative estimate of drug-likeness (QED) is 0.250. The molecule has 1 atom stereocenters. The number of aromatic hydroxyl groups is 2. The molecule has 0 aliphatic carbocycles. The van der Waals surface area contributed by atoms with Crippen molar-refractivity contribution in [3.8, 4) is 17.2 Å². The summed E-state index contributed by atoms with van der Waals surface area (Å²) in [5, 5.41) is 22.2. The molecule has 3 rings (SSSR count). The molecule has 4 nitrogen and oxygen atoms in total. The molecule has 0 aliphatic rings. The summed E-state index contributed by atoms with van der Waals surface area (Å²) in [5.41, 5.74) is 2.72. The van der Waals surface area contributed by atoms with Crippen molar-refractivity contribution in [3.63, 3.8) is 0 Å². The Labute approximate surface area is 196 Å². The number of ketones is 1. The van der Waals surface area contributed by atoms with Gasteiger partial charge in [0.05, 0.1) is 13.0 Å². The van der Waals surface area contributed by atoms with E-state index in [4.69, 9.17) is 4.74 Å². The first-order valence-electron chi connectivity index (χ1n) is 11.8. The standard InChI is InChI=1S/C29H34O4/c1-4-6-7-8-9-10-26(30)25(15-20-11-14-27(31)29(16-20)33-3)23-13-12-22-17-21(5-2)28(32)19-24(22)18-23/h9-14,16-19,25,31-32H,4-8,15H2,1-3H3/b10-9+/t25-/m1/s1. The number of carbonyl (C=O) groups is 1. The zero-order valence-corrected chi connectivity index (χ0v) is 19.8. The van der Waals surface area contributed by atoms with E-state index in [9.17, 15) is 15.0 Å². The molecule has 0 spiro atoms. The lowest BCUT2D eigenvalue weighted by atomic mass is 9.86. The fourth-order valence-corrected chi connectivity index (χ4v) is 4.15. The van der Waals surface area contributed by atoms with Gasteiger partial charge in [-0.3, -0.25) is 4.79 Å². The summed E-state index contributed by atoms with van der Waals surface area (Å²) >= 11 is 0. The van der Waals surface area contributed by atoms with E-state index in [2.05, 4.69) is 6.92 Å². The van der Waals surface area contributed by atoms with Crippen molar-refractivity contribution in [1.29, 1.82) is 0 Å². The summed E-state index contributed by atoms with van der Waals surface area (Å²) in [7, 11) is 1.51. The molecule has 0 aromatic heterocycles. The van der Waals surface area contributed by atoms with Gasteiger partial charge in [0.2, 0.25) is 0 Å². The number of phenols is 2. The number of methoxy groups -OCH3 is 1. The number of ether oxygens (including phenoxy) is 1. The smallest absolute Gasteiger partial charge is 0.163 e. The van der Waals surface area contributed by atoms with Gasteiger partial charge in [0.25, 0.3) is 0 Å². The van der Waals surface area contributed by atoms with E-state index >= 15 is 0 Å². The van der Waals surface area contributed by atoms with Gasteiger partial charge in [0, 0.05) is 0 Å². The van der Waals surface area contributed by atoms with Gasteiger partial charge < -0.3 is 14.9 Å². The number of hydrogen-bond acceptors (Lipinski definition) is 4. The van der Waals surface area contributed by atoms with Crippen molar-refractivity contribution in [3.05, 3.63) is 77.4 Å². The Morgan fingerprint density at radius 2 is 1.79 bits per heavy atom. The third kappa shape index (κ3) is 6.16. The second-order valence-corrected chi connectivity index (χ2v) is 8.50. The van der Waals surface area contributed by atoms with E-state index in [1.807, 2.05) is 43.3 Å². The van der Waals surface area contributed by atoms with E-state index in [-0.39, 0.29) is 23.2 Å². The average Bonchev–Trinajstić information content (AvgIpc) is 2.82. The molecule has 0 aliphatic heterocycles. The Hall–Kier alpha value is -3.27. The fraction of sp³-hybridized carbons (Fsp3) is 0.345. The highest BCUT2D eigenvalue weighted by molar-refractivity contribution is 5.96. The summed E-state index contributed by atoms with van der Waals surface area (Å²) in [6, 6.07) is 15.0. The molecule has 2 N–H and O–H groups in total. The minimum atomic E-state index is -0.376. The summed E-state index contributed by atoms with van der Waals surface area (Å²) < 4.78 is 5.25. The van der Waals surface area contributed by atoms with Gasteiger partial charge in [-0.05, 0) is 83.5 Å². The molecule has 0 heterocycles. The topological polar surface area (TPSA) is 66.8 Å². The van der Waals surface area contributed by atoms with Gasteiger partial charge in [-0.25, -0.2) is 0 Å². The number of phenolic OH excluding ortho intramolecular Hbond substituents is 2. The van der Waals surface area contributed by atoms with Crippen molar-refractivity contribution in [2.45, 2.75) is 58.3 Å². The number of fused-ring (bicyclic) bond motifs is 1. The third-order valence-corrected chi connectivity index (χ3v) is 6.13. The summed E-state index contributed by atoms with van der Waals surface area (Å²) in [4.78, 5) is 13.3. The van der Waals surface area contributed by atoms with Gasteiger partial charge in [0.15, 0.2) is 17.3 Å². The minimum absolute atomic E-state index is 0.0484. The van der Waals surface area contributed by atoms with Crippen LogP contribution in [0.2, 0.25) is 0 Å². The van der Waals surface area contributed by atoms with Crippen LogP contribution in [0.15, 0.2) is 60.7 Å². The molecule has 33 heavy (non-hydrogen) atoms. The largest absolute Gasteiger partial charge is 0.508 e. The van der Waals surface area contributed by atoms with Crippen LogP contribution in [0.5, 0.6) is 17.2 Å². The van der Waals surface area contributed by atoms with Crippen molar-refractivity contribution in [2.75, 3.05) is 7.11 Å². The monoisotopic (exact) mass is 446 g/mol. The van der Waals surface area contributed by atoms with Crippen LogP contribution < -0.4 is 4.74 Å². The number of rotatable bonds is 11. The third-order valence-electron chi connectivity index (χ3n) is 6.13. The maximum Gasteiger partial charge on any atom is 0.163 e. The molecule has 0 bridgehead atoms. The first-order chi connectivity index (χ1) is 16.0. The lowest BCUT2D eigenvalue weighted by Crippen LogP contribution is -2.13. The molecule has 0 radical (unpaired) electrons. The number of allylic oxidation sites excluding steroid dienone is 2. The second-order valence-electron chi connectivity index (χ2n) is 8.50. The van der Waals surface area contributed by atoms with E-state index in [1.54, 1.807) is 24.3 Å². The van der Waals surface area contributed by atoms with E-state index < -0.39 is 0 Å². The Morgan fingerprint density at radius 1 is 0.970 bits per heavy atom. The number of unbranched alkanes of at least 4 members (excludes halogenated alkanes) is 3. The zero-order valence-electron chi connectivity index (χ0n) is 19.8. The summed E-state index contributed by atoms with van der Waals surface area (Å²) in [6.45, 7) is 4.18. The van der Waals surface area contributed by atoms with Gasteiger partial charge in [-0.1, -0.05) is 57.0 Å². The van der Waals surface area contributed by atoms with Crippen molar-refractivity contribution < 1.29 is 19.7 Å². The van der Waals surface area contributed by atoms with Crippen LogP contribution in [0.1, 0.15) is 62.1 Å². The highest BCUT2D eigenvalue weighted by atomic mass is 16.5. The van der Waals surface area contributed by atoms with Gasteiger partial charge >= 0.3 is 0 Å². The molecule has 3 aromatic carbocycles. The van der Waals surface area contributed by atoms with Crippen molar-refractivity contribution in [2.24, 2.45) is 0 Å². The highest BCUT2D eigenvalue weighted by Gasteiger charge is 2.20. The van der Waals surface area contributed by atoms with Gasteiger partial charge in [0.1, 0.15) is 5.75 Å². The van der Waals surface area contributed by atoms with Crippen molar-refractivity contribution in [1.82, 2.24) is 0 Å². The van der Waals surface area contributed by atoms with E-state index in [1.165, 1.54) is 7.11 Å². The summed E-state index contributed by atoms with van der Waals surface area (Å²) in [5.74, 6) is 0.424. The first kappa shape index (κ1) is 24.4. The normalized spacial score (nSPS) is 12.3. The maximum atomic E-state index is 13.3. The molecule has 0 saturated carbocycles. The predicted octanol–water partition coefficient (Wildman–Crippen LogP) is 6.85. The molecular formula is C29H34O4. The Morgan fingerprint density at radius 3 is 2.52 bits per heavy atom. The number of hydrogen-bond donors (Lipinski definition) is 2. The molecule has 0 saturated heterocycles. The van der Waals surface area contributed by atoms with E-state index in [0.717, 1.165) is 59.6 Å². The molecule has 4 heteroatoms. The van der Waals surface area contributed by atoms with Crippen LogP contribution >= 0.6 is 0 Å². The van der Waals surface area contributed by atoms with Crippen LogP contribution in [-0.2, 0) is 17.6 Å². The number of aryl methyl sites for hydroxylation is 1. The van der Waals surface area contributed by atoms with Crippen LogP contribution in [0.4, 0.5) is 0 Å². The number of carbonyl (C=O) groups excluding carboxylic acids is 1. The minimum Gasteiger partial charge on any atom is -0.508 e. The Kier molecular flexibility index (Phi) is 8.53. The molecule has 174 valence electrons. The molecular weight excluding hydrogens is 412 g/mol. The first-order valence-corrected chi connectivity index (χ1v) is 11.8. The molecule has 3 aromatic rings. The lowest BCUT2D eigenvalue weighted by Gasteiger charge is -2.17. The summed E-state index contributed by atoms with van der Waals surface area (Å²) in [6.07, 6.45) is 9.21. The number of benzene rings is 3. The lowest BCUT2D eigenvalue weighted by molar-refractivity contribution is -0.116. The molecule has 0 unspecified atom stereocenters. The van der Waals surface area contributed by atoms with E-state index in [0.29, 0.717) is 12.2 Å². The SMILES string of the molecule is CCCCC/C=C/C(=O)[C@H](Cc1ccc(O)c(OC)c1)c1ccc2cc(CC)c(O)cc2c1. The second kappa shape index (κ2) is 11.6. The fourth-order valence-electron chi connectivity index (χ4n) is 4.15.